The molecule has 0 aliphatic heterocycles. The molecular formula is C77H51N3. The number of nitrogens with zero attached hydrogens (tertiary/aromatic N) is 3. The summed E-state index contributed by atoms with van der Waals surface area (Å²) in [5.41, 5.74) is 25.7. The van der Waals surface area contributed by atoms with E-state index in [1.807, 2.05) is 42.9 Å². The quantitative estimate of drug-likeness (QED) is 0.121. The molecule has 0 atom stereocenters. The van der Waals surface area contributed by atoms with Crippen LogP contribution in [0.3, 0.4) is 0 Å². The Kier molecular flexibility index (Phi) is 12.6. The number of hydrogen-bond donors (Lipinski definition) is 0. The molecule has 0 aliphatic carbocycles. The summed E-state index contributed by atoms with van der Waals surface area (Å²) in [6.45, 7) is 0. The fourth-order valence-electron chi connectivity index (χ4n) is 11.6. The highest BCUT2D eigenvalue weighted by atomic mass is 14.7. The Morgan fingerprint density at radius 2 is 0.550 bits per heavy atom. The van der Waals surface area contributed by atoms with E-state index >= 15 is 0 Å². The number of rotatable bonds is 11. The molecule has 3 heteroatoms. The van der Waals surface area contributed by atoms with Crippen molar-refractivity contribution < 1.29 is 0 Å². The zero-order valence-corrected chi connectivity index (χ0v) is 43.8. The first-order chi connectivity index (χ1) is 39.7. The highest BCUT2D eigenvalue weighted by Gasteiger charge is 2.21. The van der Waals surface area contributed by atoms with Gasteiger partial charge in [-0.2, -0.15) is 0 Å². The third-order valence-electron chi connectivity index (χ3n) is 15.5. The monoisotopic (exact) mass is 1020 g/mol. The van der Waals surface area contributed by atoms with Crippen molar-refractivity contribution >= 4 is 21.7 Å². The third-order valence-corrected chi connectivity index (χ3v) is 15.5. The maximum absolute atomic E-state index is 5.12. The summed E-state index contributed by atoms with van der Waals surface area (Å²) >= 11 is 0. The molecule has 374 valence electrons. The maximum Gasteiger partial charge on any atom is 0.0786 e. The summed E-state index contributed by atoms with van der Waals surface area (Å²) in [6.07, 6.45) is 5.65. The van der Waals surface area contributed by atoms with Gasteiger partial charge in [0.15, 0.2) is 0 Å². The molecule has 3 heterocycles. The van der Waals surface area contributed by atoms with E-state index in [9.17, 15) is 0 Å². The van der Waals surface area contributed by atoms with Gasteiger partial charge in [-0.3, -0.25) is 15.0 Å². The van der Waals surface area contributed by atoms with Crippen LogP contribution >= 0.6 is 0 Å². The van der Waals surface area contributed by atoms with E-state index in [0.717, 1.165) is 117 Å². The first-order valence-corrected chi connectivity index (χ1v) is 27.2. The van der Waals surface area contributed by atoms with Crippen LogP contribution in [0.4, 0.5) is 0 Å². The molecular weight excluding hydrogens is 967 g/mol. The van der Waals surface area contributed by atoms with Crippen LogP contribution in [0.15, 0.2) is 310 Å². The van der Waals surface area contributed by atoms with Crippen molar-refractivity contribution in [3.63, 3.8) is 0 Å². The van der Waals surface area contributed by atoms with Crippen molar-refractivity contribution in [1.82, 2.24) is 15.0 Å². The zero-order chi connectivity index (χ0) is 53.2. The summed E-state index contributed by atoms with van der Waals surface area (Å²) in [4.78, 5) is 14.4. The van der Waals surface area contributed by atoms with Crippen LogP contribution in [-0.4, -0.2) is 15.0 Å². The number of aromatic nitrogens is 3. The van der Waals surface area contributed by atoms with Gasteiger partial charge in [-0.05, 0) is 154 Å². The topological polar surface area (TPSA) is 38.7 Å². The second kappa shape index (κ2) is 21.1. The molecule has 3 nitrogen and oxygen atoms in total. The lowest BCUT2D eigenvalue weighted by molar-refractivity contribution is 1.33. The van der Waals surface area contributed by atoms with Crippen LogP contribution < -0.4 is 0 Å². The van der Waals surface area contributed by atoms with Crippen LogP contribution in [-0.2, 0) is 0 Å². The molecule has 0 bridgehead atoms. The van der Waals surface area contributed by atoms with E-state index in [-0.39, 0.29) is 0 Å². The van der Waals surface area contributed by atoms with Gasteiger partial charge in [0.05, 0.1) is 16.9 Å². The normalized spacial score (nSPS) is 11.2. The smallest absolute Gasteiger partial charge is 0.0786 e. The minimum atomic E-state index is 0.953. The molecule has 0 amide bonds. The van der Waals surface area contributed by atoms with Crippen LogP contribution in [0.2, 0.25) is 0 Å². The van der Waals surface area contributed by atoms with Gasteiger partial charge in [0.25, 0.3) is 0 Å². The van der Waals surface area contributed by atoms with Crippen molar-refractivity contribution in [3.8, 4) is 123 Å². The molecule has 0 spiro atoms. The Labute approximate surface area is 466 Å². The van der Waals surface area contributed by atoms with Crippen LogP contribution in [0.25, 0.3) is 144 Å². The van der Waals surface area contributed by atoms with E-state index in [1.54, 1.807) is 0 Å². The number of benzene rings is 11. The van der Waals surface area contributed by atoms with Gasteiger partial charge in [-0.15, -0.1) is 0 Å². The van der Waals surface area contributed by atoms with E-state index in [0.29, 0.717) is 0 Å². The molecule has 0 N–H and O–H groups in total. The molecule has 3 aromatic heterocycles. The molecule has 14 rings (SSSR count). The molecule has 0 saturated heterocycles. The average Bonchev–Trinajstić information content (AvgIpc) is 3.60. The highest BCUT2D eigenvalue weighted by Crippen LogP contribution is 2.47. The van der Waals surface area contributed by atoms with Crippen LogP contribution in [0.5, 0.6) is 0 Å². The van der Waals surface area contributed by atoms with Gasteiger partial charge in [-0.25, -0.2) is 0 Å². The summed E-state index contributed by atoms with van der Waals surface area (Å²) in [7, 11) is 0. The second-order valence-corrected chi connectivity index (χ2v) is 20.2. The minimum absolute atomic E-state index is 0.953. The highest BCUT2D eigenvalue weighted by molar-refractivity contribution is 6.16. The predicted octanol–water partition coefficient (Wildman–Crippen LogP) is 20.5. The Morgan fingerprint density at radius 3 is 1.06 bits per heavy atom. The lowest BCUT2D eigenvalue weighted by atomic mass is 9.83. The van der Waals surface area contributed by atoms with Crippen molar-refractivity contribution in [2.24, 2.45) is 0 Å². The fourth-order valence-corrected chi connectivity index (χ4v) is 11.6. The largest absolute Gasteiger partial charge is 0.256 e. The van der Waals surface area contributed by atoms with Crippen molar-refractivity contribution in [2.75, 3.05) is 0 Å². The Balaban J connectivity index is 0.972. The van der Waals surface area contributed by atoms with E-state index < -0.39 is 0 Å². The summed E-state index contributed by atoms with van der Waals surface area (Å²) in [5, 5.41) is 3.39. The van der Waals surface area contributed by atoms with Crippen molar-refractivity contribution in [1.29, 1.82) is 0 Å². The Hall–Kier alpha value is -10.6. The summed E-state index contributed by atoms with van der Waals surface area (Å²) in [5.74, 6) is 0. The SMILES string of the molecule is c1ccc(-c2ccc(-c3c(-c4ccccc4-c4cc(-c5ccccc5-c5ccc(-c6ccccn6)cc5)cc(-c5ccccc5-c5ccc(-c6ccccn6)cc5)c4)ccc4c3ccc3c(-c5ccccc5)ccnc34)cc2)cc1. The van der Waals surface area contributed by atoms with Crippen molar-refractivity contribution in [2.45, 2.75) is 0 Å². The fraction of sp³-hybridized carbons (Fsp3) is 0. The minimum Gasteiger partial charge on any atom is -0.256 e. The number of pyridine rings is 3. The molecule has 0 radical (unpaired) electrons. The molecule has 80 heavy (non-hydrogen) atoms. The lowest BCUT2D eigenvalue weighted by Crippen LogP contribution is -1.94. The summed E-state index contributed by atoms with van der Waals surface area (Å²) in [6, 6.07) is 105. The van der Waals surface area contributed by atoms with E-state index in [4.69, 9.17) is 4.98 Å². The maximum atomic E-state index is 5.12. The van der Waals surface area contributed by atoms with Gasteiger partial charge in [0.2, 0.25) is 0 Å². The summed E-state index contributed by atoms with van der Waals surface area (Å²) < 4.78 is 0. The predicted molar refractivity (Wildman–Crippen MR) is 335 cm³/mol. The molecule has 0 saturated carbocycles. The van der Waals surface area contributed by atoms with Gasteiger partial charge in [0, 0.05) is 40.5 Å². The van der Waals surface area contributed by atoms with Gasteiger partial charge in [0.1, 0.15) is 0 Å². The molecule has 0 unspecified atom stereocenters. The molecule has 11 aromatic carbocycles. The van der Waals surface area contributed by atoms with E-state index in [2.05, 4.69) is 277 Å². The molecule has 0 fully saturated rings. The Bertz CT molecular complexity index is 4370. The second-order valence-electron chi connectivity index (χ2n) is 20.2. The third kappa shape index (κ3) is 9.13. The van der Waals surface area contributed by atoms with Gasteiger partial charge >= 0.3 is 0 Å². The van der Waals surface area contributed by atoms with Gasteiger partial charge < -0.3 is 0 Å². The number of fused-ring (bicyclic) bond motifs is 3. The van der Waals surface area contributed by atoms with Crippen LogP contribution in [0.1, 0.15) is 0 Å². The Morgan fingerprint density at radius 1 is 0.175 bits per heavy atom. The zero-order valence-electron chi connectivity index (χ0n) is 43.8. The van der Waals surface area contributed by atoms with Gasteiger partial charge in [-0.1, -0.05) is 243 Å². The first-order valence-electron chi connectivity index (χ1n) is 27.2. The average molecular weight is 1020 g/mol. The van der Waals surface area contributed by atoms with Crippen LogP contribution in [0, 0.1) is 0 Å². The first kappa shape index (κ1) is 47.8. The van der Waals surface area contributed by atoms with Crippen molar-refractivity contribution in [3.05, 3.63) is 310 Å². The van der Waals surface area contributed by atoms with E-state index in [1.165, 1.54) is 27.8 Å². The number of hydrogen-bond acceptors (Lipinski definition) is 3. The lowest BCUT2D eigenvalue weighted by Gasteiger charge is -2.20. The molecule has 0 aliphatic rings. The molecule has 14 aromatic rings. The standard InChI is InChI=1S/C77H51N3/c1-3-17-52(18-4-1)53-29-39-59(40-30-53)76-70(41-44-73-71(76)42-43-72-68(45-48-80-77(72)73)54-19-5-2-6-20-54)69-26-12-11-25-67(69)62-50-60(65-23-9-7-21-63(65)55-31-35-57(36-32-55)74-27-13-15-46-78-74)49-61(51-62)66-24-10-8-22-64(66)56-33-37-58(38-34-56)75-28-14-16-47-79-75/h1-51H.